The molecule has 1 unspecified atom stereocenters. The van der Waals surface area contributed by atoms with E-state index in [9.17, 15) is 4.79 Å². The van der Waals surface area contributed by atoms with E-state index < -0.39 is 0 Å². The van der Waals surface area contributed by atoms with Crippen molar-refractivity contribution in [2.45, 2.75) is 45.6 Å². The third-order valence-electron chi connectivity index (χ3n) is 3.16. The fraction of sp³-hybridized carbons (Fsp3) is 0.923. The molecule has 1 aliphatic heterocycles. The Bertz CT molecular complexity index is 215. The smallest absolute Gasteiger partial charge is 0.225 e. The van der Waals surface area contributed by atoms with Crippen LogP contribution < -0.4 is 5.32 Å². The molecule has 1 aliphatic rings. The van der Waals surface area contributed by atoms with Gasteiger partial charge in [-0.3, -0.25) is 4.79 Å². The third-order valence-corrected chi connectivity index (χ3v) is 3.16. The first-order valence-corrected chi connectivity index (χ1v) is 6.87. The SMILES string of the molecule is CCCN(C(=O)CCOCC)C1CCCNC1. The predicted octanol–water partition coefficient (Wildman–Crippen LogP) is 1.40. The molecule has 1 N–H and O–H groups in total. The van der Waals surface area contributed by atoms with E-state index in [-0.39, 0.29) is 5.91 Å². The van der Waals surface area contributed by atoms with Gasteiger partial charge in [0.2, 0.25) is 5.91 Å². The van der Waals surface area contributed by atoms with Gasteiger partial charge < -0.3 is 15.0 Å². The van der Waals surface area contributed by atoms with Gasteiger partial charge in [0, 0.05) is 25.7 Å². The number of carbonyl (C=O) groups excluding carboxylic acids is 1. The van der Waals surface area contributed by atoms with Crippen LogP contribution in [0.2, 0.25) is 0 Å². The molecule has 17 heavy (non-hydrogen) atoms. The number of amides is 1. The van der Waals surface area contributed by atoms with Crippen LogP contribution in [0.4, 0.5) is 0 Å². The van der Waals surface area contributed by atoms with Crippen molar-refractivity contribution < 1.29 is 9.53 Å². The molecule has 1 heterocycles. The molecule has 1 saturated heterocycles. The maximum absolute atomic E-state index is 12.1. The van der Waals surface area contributed by atoms with Gasteiger partial charge >= 0.3 is 0 Å². The third kappa shape index (κ3) is 5.04. The molecule has 0 bridgehead atoms. The van der Waals surface area contributed by atoms with Crippen LogP contribution in [0.15, 0.2) is 0 Å². The first-order valence-electron chi connectivity index (χ1n) is 6.87. The number of ether oxygens (including phenoxy) is 1. The lowest BCUT2D eigenvalue weighted by molar-refractivity contribution is -0.135. The second kappa shape index (κ2) is 8.48. The van der Waals surface area contributed by atoms with Crippen molar-refractivity contribution in [1.82, 2.24) is 10.2 Å². The van der Waals surface area contributed by atoms with E-state index in [1.54, 1.807) is 0 Å². The second-order valence-electron chi connectivity index (χ2n) is 4.53. The van der Waals surface area contributed by atoms with Crippen LogP contribution in [0.3, 0.4) is 0 Å². The van der Waals surface area contributed by atoms with Gasteiger partial charge in [-0.1, -0.05) is 6.92 Å². The van der Waals surface area contributed by atoms with E-state index in [1.165, 1.54) is 6.42 Å². The fourth-order valence-electron chi connectivity index (χ4n) is 2.30. The van der Waals surface area contributed by atoms with Crippen LogP contribution in [0.25, 0.3) is 0 Å². The van der Waals surface area contributed by atoms with Gasteiger partial charge in [0.15, 0.2) is 0 Å². The number of carbonyl (C=O) groups is 1. The molecule has 0 aromatic carbocycles. The Hall–Kier alpha value is -0.610. The van der Waals surface area contributed by atoms with Gasteiger partial charge in [0.1, 0.15) is 0 Å². The maximum Gasteiger partial charge on any atom is 0.225 e. The fourth-order valence-corrected chi connectivity index (χ4v) is 2.30. The number of piperidine rings is 1. The Morgan fingerprint density at radius 1 is 1.47 bits per heavy atom. The predicted molar refractivity (Wildman–Crippen MR) is 69.0 cm³/mol. The van der Waals surface area contributed by atoms with Gasteiger partial charge in [-0.15, -0.1) is 0 Å². The van der Waals surface area contributed by atoms with Crippen LogP contribution in [0, 0.1) is 0 Å². The molecule has 0 aromatic heterocycles. The average Bonchev–Trinajstić information content (AvgIpc) is 2.37. The van der Waals surface area contributed by atoms with E-state index in [4.69, 9.17) is 4.74 Å². The van der Waals surface area contributed by atoms with E-state index in [0.29, 0.717) is 25.7 Å². The van der Waals surface area contributed by atoms with E-state index in [2.05, 4.69) is 12.2 Å². The van der Waals surface area contributed by atoms with E-state index in [1.807, 2.05) is 11.8 Å². The van der Waals surface area contributed by atoms with Crippen molar-refractivity contribution in [2.75, 3.05) is 32.8 Å². The zero-order valence-corrected chi connectivity index (χ0v) is 11.2. The first-order chi connectivity index (χ1) is 8.29. The topological polar surface area (TPSA) is 41.6 Å². The van der Waals surface area contributed by atoms with Crippen molar-refractivity contribution in [2.24, 2.45) is 0 Å². The minimum atomic E-state index is 0.244. The summed E-state index contributed by atoms with van der Waals surface area (Å²) in [5, 5.41) is 3.37. The summed E-state index contributed by atoms with van der Waals surface area (Å²) in [4.78, 5) is 14.2. The summed E-state index contributed by atoms with van der Waals surface area (Å²) in [6, 6.07) is 0.387. The van der Waals surface area contributed by atoms with Gasteiger partial charge in [0.25, 0.3) is 0 Å². The highest BCUT2D eigenvalue weighted by Crippen LogP contribution is 2.12. The van der Waals surface area contributed by atoms with Crippen molar-refractivity contribution in [1.29, 1.82) is 0 Å². The van der Waals surface area contributed by atoms with Crippen LogP contribution in [-0.2, 0) is 9.53 Å². The number of hydrogen-bond donors (Lipinski definition) is 1. The normalized spacial score (nSPS) is 20.2. The highest BCUT2D eigenvalue weighted by atomic mass is 16.5. The zero-order valence-electron chi connectivity index (χ0n) is 11.2. The van der Waals surface area contributed by atoms with Crippen LogP contribution in [-0.4, -0.2) is 49.7 Å². The quantitative estimate of drug-likeness (QED) is 0.686. The minimum absolute atomic E-state index is 0.244. The lowest BCUT2D eigenvalue weighted by Crippen LogP contribution is -2.49. The molecule has 1 rings (SSSR count). The Labute approximate surface area is 105 Å². The molecular weight excluding hydrogens is 216 g/mol. The molecule has 1 atom stereocenters. The molecule has 0 aromatic rings. The number of nitrogens with one attached hydrogen (secondary N) is 1. The molecule has 0 saturated carbocycles. The summed E-state index contributed by atoms with van der Waals surface area (Å²) >= 11 is 0. The Morgan fingerprint density at radius 2 is 2.29 bits per heavy atom. The summed E-state index contributed by atoms with van der Waals surface area (Å²) in [5.74, 6) is 0.244. The summed E-state index contributed by atoms with van der Waals surface area (Å²) in [6.45, 7) is 8.22. The zero-order chi connectivity index (χ0) is 12.5. The monoisotopic (exact) mass is 242 g/mol. The second-order valence-corrected chi connectivity index (χ2v) is 4.53. The van der Waals surface area contributed by atoms with Crippen LogP contribution >= 0.6 is 0 Å². The molecule has 4 nitrogen and oxygen atoms in total. The van der Waals surface area contributed by atoms with Gasteiger partial charge in [-0.25, -0.2) is 0 Å². The Kier molecular flexibility index (Phi) is 7.21. The highest BCUT2D eigenvalue weighted by molar-refractivity contribution is 5.76. The highest BCUT2D eigenvalue weighted by Gasteiger charge is 2.23. The number of rotatable bonds is 7. The van der Waals surface area contributed by atoms with Crippen LogP contribution in [0.5, 0.6) is 0 Å². The average molecular weight is 242 g/mol. The van der Waals surface area contributed by atoms with Crippen molar-refractivity contribution >= 4 is 5.91 Å². The molecule has 0 aliphatic carbocycles. The molecule has 100 valence electrons. The summed E-state index contributed by atoms with van der Waals surface area (Å²) in [5.41, 5.74) is 0. The molecule has 0 radical (unpaired) electrons. The van der Waals surface area contributed by atoms with Crippen molar-refractivity contribution in [3.63, 3.8) is 0 Å². The van der Waals surface area contributed by atoms with E-state index >= 15 is 0 Å². The minimum Gasteiger partial charge on any atom is -0.381 e. The van der Waals surface area contributed by atoms with Gasteiger partial charge in [-0.2, -0.15) is 0 Å². The Morgan fingerprint density at radius 3 is 2.88 bits per heavy atom. The summed E-state index contributed by atoms with van der Waals surface area (Å²) in [6.07, 6.45) is 3.85. The molecule has 1 amide bonds. The molecule has 4 heteroatoms. The molecule has 0 spiro atoms. The van der Waals surface area contributed by atoms with E-state index in [0.717, 1.165) is 32.5 Å². The van der Waals surface area contributed by atoms with Crippen molar-refractivity contribution in [3.8, 4) is 0 Å². The maximum atomic E-state index is 12.1. The first kappa shape index (κ1) is 14.5. The summed E-state index contributed by atoms with van der Waals surface area (Å²) in [7, 11) is 0. The number of nitrogens with zero attached hydrogens (tertiary/aromatic N) is 1. The lowest BCUT2D eigenvalue weighted by Gasteiger charge is -2.34. The molecule has 1 fully saturated rings. The largest absolute Gasteiger partial charge is 0.381 e. The summed E-state index contributed by atoms with van der Waals surface area (Å²) < 4.78 is 5.26. The number of hydrogen-bond acceptors (Lipinski definition) is 3. The standard InChI is InChI=1S/C13H26N2O2/c1-3-9-15(12-6-5-8-14-11-12)13(16)7-10-17-4-2/h12,14H,3-11H2,1-2H3. The van der Waals surface area contributed by atoms with Crippen LogP contribution in [0.1, 0.15) is 39.5 Å². The lowest BCUT2D eigenvalue weighted by atomic mass is 10.1. The Balaban J connectivity index is 2.42. The van der Waals surface area contributed by atoms with Gasteiger partial charge in [-0.05, 0) is 32.7 Å². The van der Waals surface area contributed by atoms with Crippen molar-refractivity contribution in [3.05, 3.63) is 0 Å². The van der Waals surface area contributed by atoms with Gasteiger partial charge in [0.05, 0.1) is 13.0 Å². The molecular formula is C13H26N2O2.